The van der Waals surface area contributed by atoms with Gasteiger partial charge in [0, 0.05) is 18.7 Å². The van der Waals surface area contributed by atoms with Crippen LogP contribution in [0.15, 0.2) is 18.2 Å². The van der Waals surface area contributed by atoms with Crippen LogP contribution in [-0.4, -0.2) is 29.2 Å². The third kappa shape index (κ3) is 2.46. The lowest BCUT2D eigenvalue weighted by Crippen LogP contribution is -2.42. The molecule has 0 aliphatic heterocycles. The highest BCUT2D eigenvalue weighted by molar-refractivity contribution is 5.65. The summed E-state index contributed by atoms with van der Waals surface area (Å²) in [6.45, 7) is 2.31. The first-order valence-electron chi connectivity index (χ1n) is 6.26. The molecule has 1 fully saturated rings. The monoisotopic (exact) mass is 250 g/mol. The minimum atomic E-state index is -0.342. The molecule has 0 spiro atoms. The van der Waals surface area contributed by atoms with Gasteiger partial charge in [0.15, 0.2) is 0 Å². The molecule has 2 rings (SSSR count). The third-order valence-electron chi connectivity index (χ3n) is 3.49. The SMILES string of the molecule is Cc1ccc(N(CCO)C2CCC2)c([N+](=O)[O-])c1. The predicted molar refractivity (Wildman–Crippen MR) is 69.9 cm³/mol. The molecular weight excluding hydrogens is 232 g/mol. The molecule has 0 amide bonds. The largest absolute Gasteiger partial charge is 0.395 e. The van der Waals surface area contributed by atoms with Crippen molar-refractivity contribution in [1.82, 2.24) is 0 Å². The lowest BCUT2D eigenvalue weighted by atomic mass is 9.91. The summed E-state index contributed by atoms with van der Waals surface area (Å²) in [4.78, 5) is 12.8. The van der Waals surface area contributed by atoms with E-state index in [0.717, 1.165) is 24.8 Å². The molecule has 0 saturated heterocycles. The van der Waals surface area contributed by atoms with Crippen molar-refractivity contribution < 1.29 is 10.0 Å². The molecule has 1 aliphatic carbocycles. The van der Waals surface area contributed by atoms with Crippen LogP contribution in [0, 0.1) is 17.0 Å². The van der Waals surface area contributed by atoms with Gasteiger partial charge in [-0.3, -0.25) is 10.1 Å². The van der Waals surface area contributed by atoms with Crippen molar-refractivity contribution in [3.8, 4) is 0 Å². The third-order valence-corrected chi connectivity index (χ3v) is 3.49. The number of aliphatic hydroxyl groups is 1. The molecule has 5 nitrogen and oxygen atoms in total. The van der Waals surface area contributed by atoms with E-state index in [1.165, 1.54) is 0 Å². The average molecular weight is 250 g/mol. The summed E-state index contributed by atoms with van der Waals surface area (Å²) in [7, 11) is 0. The molecule has 1 aliphatic rings. The van der Waals surface area contributed by atoms with E-state index >= 15 is 0 Å². The predicted octanol–water partition coefficient (Wildman–Crippen LogP) is 2.25. The van der Waals surface area contributed by atoms with Gasteiger partial charge in [-0.05, 0) is 37.8 Å². The topological polar surface area (TPSA) is 66.6 Å². The molecule has 5 heteroatoms. The van der Waals surface area contributed by atoms with Gasteiger partial charge in [-0.15, -0.1) is 0 Å². The first-order chi connectivity index (χ1) is 8.63. The zero-order valence-corrected chi connectivity index (χ0v) is 10.5. The average Bonchev–Trinajstić information content (AvgIpc) is 2.26. The zero-order chi connectivity index (χ0) is 13.1. The summed E-state index contributed by atoms with van der Waals surface area (Å²) < 4.78 is 0. The Balaban J connectivity index is 2.36. The second-order valence-electron chi connectivity index (χ2n) is 4.75. The highest BCUT2D eigenvalue weighted by Crippen LogP contribution is 2.35. The number of benzene rings is 1. The number of aryl methyl sites for hydroxylation is 1. The second-order valence-corrected chi connectivity index (χ2v) is 4.75. The molecule has 1 aromatic rings. The summed E-state index contributed by atoms with van der Waals surface area (Å²) in [5.74, 6) is 0. The fourth-order valence-corrected chi connectivity index (χ4v) is 2.33. The maximum absolute atomic E-state index is 11.1. The molecule has 18 heavy (non-hydrogen) atoms. The van der Waals surface area contributed by atoms with Crippen LogP contribution in [0.25, 0.3) is 0 Å². The van der Waals surface area contributed by atoms with Gasteiger partial charge >= 0.3 is 0 Å². The van der Waals surface area contributed by atoms with Gasteiger partial charge < -0.3 is 10.0 Å². The number of hydrogen-bond acceptors (Lipinski definition) is 4. The molecule has 1 aromatic carbocycles. The first-order valence-corrected chi connectivity index (χ1v) is 6.26. The van der Waals surface area contributed by atoms with Gasteiger partial charge in [0.25, 0.3) is 5.69 Å². The van der Waals surface area contributed by atoms with Crippen LogP contribution in [0.3, 0.4) is 0 Å². The van der Waals surface area contributed by atoms with Gasteiger partial charge in [-0.25, -0.2) is 0 Å². The minimum Gasteiger partial charge on any atom is -0.395 e. The molecule has 0 radical (unpaired) electrons. The molecule has 0 bridgehead atoms. The van der Waals surface area contributed by atoms with E-state index in [9.17, 15) is 10.1 Å². The smallest absolute Gasteiger partial charge is 0.292 e. The summed E-state index contributed by atoms with van der Waals surface area (Å²) in [5.41, 5.74) is 1.64. The highest BCUT2D eigenvalue weighted by Gasteiger charge is 2.29. The Labute approximate surface area is 106 Å². The maximum Gasteiger partial charge on any atom is 0.292 e. The van der Waals surface area contributed by atoms with Crippen molar-refractivity contribution in [2.24, 2.45) is 0 Å². The zero-order valence-electron chi connectivity index (χ0n) is 10.5. The van der Waals surface area contributed by atoms with Crippen LogP contribution in [0.5, 0.6) is 0 Å². The van der Waals surface area contributed by atoms with Crippen LogP contribution in [-0.2, 0) is 0 Å². The Hall–Kier alpha value is -1.62. The van der Waals surface area contributed by atoms with Crippen molar-refractivity contribution in [2.75, 3.05) is 18.1 Å². The summed E-state index contributed by atoms with van der Waals surface area (Å²) in [5, 5.41) is 20.3. The Morgan fingerprint density at radius 3 is 2.72 bits per heavy atom. The lowest BCUT2D eigenvalue weighted by molar-refractivity contribution is -0.384. The van der Waals surface area contributed by atoms with E-state index in [1.807, 2.05) is 17.9 Å². The Bertz CT molecular complexity index is 444. The van der Waals surface area contributed by atoms with E-state index in [0.29, 0.717) is 18.3 Å². The normalized spacial score (nSPS) is 15.2. The quantitative estimate of drug-likeness (QED) is 0.643. The van der Waals surface area contributed by atoms with Gasteiger partial charge in [0.1, 0.15) is 5.69 Å². The van der Waals surface area contributed by atoms with Crippen LogP contribution >= 0.6 is 0 Å². The van der Waals surface area contributed by atoms with E-state index in [1.54, 1.807) is 12.1 Å². The van der Waals surface area contributed by atoms with Crippen LogP contribution in [0.2, 0.25) is 0 Å². The minimum absolute atomic E-state index is 0.0154. The maximum atomic E-state index is 11.1. The highest BCUT2D eigenvalue weighted by atomic mass is 16.6. The van der Waals surface area contributed by atoms with Crippen molar-refractivity contribution >= 4 is 11.4 Å². The molecule has 98 valence electrons. The van der Waals surface area contributed by atoms with Crippen molar-refractivity contribution in [1.29, 1.82) is 0 Å². The van der Waals surface area contributed by atoms with Gasteiger partial charge in [-0.2, -0.15) is 0 Å². The van der Waals surface area contributed by atoms with Gasteiger partial charge in [-0.1, -0.05) is 6.07 Å². The number of anilines is 1. The molecule has 0 atom stereocenters. The van der Waals surface area contributed by atoms with Crippen molar-refractivity contribution in [2.45, 2.75) is 32.2 Å². The molecule has 1 N–H and O–H groups in total. The van der Waals surface area contributed by atoms with E-state index in [2.05, 4.69) is 0 Å². The number of hydrogen-bond donors (Lipinski definition) is 1. The van der Waals surface area contributed by atoms with E-state index < -0.39 is 0 Å². The number of nitro benzene ring substituents is 1. The van der Waals surface area contributed by atoms with Gasteiger partial charge in [0.2, 0.25) is 0 Å². The van der Waals surface area contributed by atoms with E-state index in [4.69, 9.17) is 5.11 Å². The van der Waals surface area contributed by atoms with Crippen LogP contribution in [0.1, 0.15) is 24.8 Å². The molecular formula is C13H18N2O3. The fraction of sp³-hybridized carbons (Fsp3) is 0.538. The Morgan fingerprint density at radius 1 is 1.50 bits per heavy atom. The standard InChI is InChI=1S/C13H18N2O3/c1-10-5-6-12(13(9-10)15(17)18)14(7-8-16)11-3-2-4-11/h5-6,9,11,16H,2-4,7-8H2,1H3. The van der Waals surface area contributed by atoms with Crippen molar-refractivity contribution in [3.63, 3.8) is 0 Å². The number of rotatable bonds is 5. The molecule has 1 saturated carbocycles. The number of nitrogens with zero attached hydrogens (tertiary/aromatic N) is 2. The van der Waals surface area contributed by atoms with E-state index in [-0.39, 0.29) is 17.2 Å². The summed E-state index contributed by atoms with van der Waals surface area (Å²) in [6.07, 6.45) is 3.25. The second kappa shape index (κ2) is 5.35. The molecule has 0 aromatic heterocycles. The van der Waals surface area contributed by atoms with Crippen molar-refractivity contribution in [3.05, 3.63) is 33.9 Å². The number of aliphatic hydroxyl groups excluding tert-OH is 1. The van der Waals surface area contributed by atoms with Crippen LogP contribution < -0.4 is 4.90 Å². The Morgan fingerprint density at radius 2 is 2.22 bits per heavy atom. The van der Waals surface area contributed by atoms with Gasteiger partial charge in [0.05, 0.1) is 11.5 Å². The lowest BCUT2D eigenvalue weighted by Gasteiger charge is -2.38. The summed E-state index contributed by atoms with van der Waals surface area (Å²) >= 11 is 0. The Kier molecular flexibility index (Phi) is 3.81. The molecule has 0 heterocycles. The first kappa shape index (κ1) is 12.8. The molecule has 0 unspecified atom stereocenters. The fourth-order valence-electron chi connectivity index (χ4n) is 2.33. The number of nitro groups is 1. The van der Waals surface area contributed by atoms with Crippen LogP contribution in [0.4, 0.5) is 11.4 Å². The summed E-state index contributed by atoms with van der Waals surface area (Å²) in [6, 6.07) is 5.60.